The van der Waals surface area contributed by atoms with Crippen molar-refractivity contribution in [2.45, 2.75) is 33.3 Å². The van der Waals surface area contributed by atoms with E-state index in [1.807, 2.05) is 31.2 Å². The Bertz CT molecular complexity index is 1200. The quantitative estimate of drug-likeness (QED) is 0.533. The van der Waals surface area contributed by atoms with Crippen LogP contribution in [0.1, 0.15) is 47.1 Å². The van der Waals surface area contributed by atoms with Gasteiger partial charge in [0.2, 0.25) is 0 Å². The minimum absolute atomic E-state index is 0.204. The Morgan fingerprint density at radius 2 is 1.47 bits per heavy atom. The summed E-state index contributed by atoms with van der Waals surface area (Å²) in [6.07, 6.45) is -0.645. The monoisotopic (exact) mass is 433 g/mol. The normalized spacial score (nSPS) is 11.0. The zero-order chi connectivity index (χ0) is 23.5. The summed E-state index contributed by atoms with van der Waals surface area (Å²) in [6.45, 7) is 7.12. The zero-order valence-electron chi connectivity index (χ0n) is 18.8. The van der Waals surface area contributed by atoms with Crippen LogP contribution in [0.25, 0.3) is 10.8 Å². The summed E-state index contributed by atoms with van der Waals surface area (Å²) in [7, 11) is 1.56. The third-order valence-corrected chi connectivity index (χ3v) is 4.73. The molecule has 0 unspecified atom stereocenters. The Morgan fingerprint density at radius 1 is 0.812 bits per heavy atom. The second-order valence-electron chi connectivity index (χ2n) is 8.43. The Labute approximate surface area is 187 Å². The van der Waals surface area contributed by atoms with Crippen molar-refractivity contribution >= 4 is 40.1 Å². The fraction of sp³-hybridized carbons (Fsp3) is 0.240. The third-order valence-electron chi connectivity index (χ3n) is 4.73. The number of amides is 3. The van der Waals surface area contributed by atoms with E-state index >= 15 is 0 Å². The summed E-state index contributed by atoms with van der Waals surface area (Å²) in [5.41, 5.74) is 1.77. The maximum atomic E-state index is 13.2. The van der Waals surface area contributed by atoms with Gasteiger partial charge in [0.15, 0.2) is 0 Å². The van der Waals surface area contributed by atoms with Gasteiger partial charge in [-0.05, 0) is 74.4 Å². The molecule has 3 N–H and O–H groups in total. The number of benzene rings is 3. The van der Waals surface area contributed by atoms with Crippen LogP contribution >= 0.6 is 0 Å². The third kappa shape index (κ3) is 5.43. The van der Waals surface area contributed by atoms with E-state index < -0.39 is 17.6 Å². The number of anilines is 2. The molecule has 3 amide bonds. The highest BCUT2D eigenvalue weighted by atomic mass is 16.6. The Kier molecular flexibility index (Phi) is 6.48. The lowest BCUT2D eigenvalue weighted by Crippen LogP contribution is -2.28. The van der Waals surface area contributed by atoms with E-state index in [1.54, 1.807) is 58.2 Å². The van der Waals surface area contributed by atoms with Gasteiger partial charge in [0, 0.05) is 18.3 Å². The molecule has 0 heterocycles. The largest absolute Gasteiger partial charge is 0.444 e. The molecule has 166 valence electrons. The minimum atomic E-state index is -0.674. The summed E-state index contributed by atoms with van der Waals surface area (Å²) >= 11 is 0. The number of carbonyl (C=O) groups excluding carboxylic acids is 3. The number of rotatable bonds is 4. The van der Waals surface area contributed by atoms with Gasteiger partial charge in [-0.2, -0.15) is 0 Å². The average Bonchev–Trinajstić information content (AvgIpc) is 2.72. The maximum absolute atomic E-state index is 13.2. The van der Waals surface area contributed by atoms with Crippen LogP contribution in [-0.2, 0) is 4.74 Å². The van der Waals surface area contributed by atoms with Crippen molar-refractivity contribution < 1.29 is 19.1 Å². The molecule has 0 fully saturated rings. The van der Waals surface area contributed by atoms with Crippen molar-refractivity contribution in [3.63, 3.8) is 0 Å². The van der Waals surface area contributed by atoms with Crippen LogP contribution in [0.4, 0.5) is 16.2 Å². The van der Waals surface area contributed by atoms with Gasteiger partial charge in [-0.3, -0.25) is 14.9 Å². The topological polar surface area (TPSA) is 96.5 Å². The highest BCUT2D eigenvalue weighted by Crippen LogP contribution is 2.27. The Balaban J connectivity index is 1.94. The molecule has 7 heteroatoms. The van der Waals surface area contributed by atoms with E-state index in [1.165, 1.54) is 0 Å². The number of carbonyl (C=O) groups is 3. The summed E-state index contributed by atoms with van der Waals surface area (Å²) in [5, 5.41) is 9.88. The Morgan fingerprint density at radius 3 is 2.06 bits per heavy atom. The standard InChI is InChI=1S/C25H27N3O4/c1-15-12-18(22(29)26-5)10-11-20(15)27-23(30)19-13-16-8-6-7-9-17(16)14-21(19)28-24(31)32-25(2,3)4/h6-14H,1-5H3,(H,26,29)(H,27,30)(H,28,31). The van der Waals surface area contributed by atoms with E-state index in [4.69, 9.17) is 4.74 Å². The molecule has 0 radical (unpaired) electrons. The van der Waals surface area contributed by atoms with E-state index in [0.29, 0.717) is 22.5 Å². The van der Waals surface area contributed by atoms with E-state index in [-0.39, 0.29) is 5.91 Å². The number of hydrogen-bond acceptors (Lipinski definition) is 4. The van der Waals surface area contributed by atoms with Crippen LogP contribution in [0, 0.1) is 6.92 Å². The molecular weight excluding hydrogens is 406 g/mol. The van der Waals surface area contributed by atoms with Gasteiger partial charge in [-0.15, -0.1) is 0 Å². The molecule has 3 rings (SSSR count). The SMILES string of the molecule is CNC(=O)c1ccc(NC(=O)c2cc3ccccc3cc2NC(=O)OC(C)(C)C)c(C)c1. The molecule has 3 aromatic rings. The molecule has 0 atom stereocenters. The van der Waals surface area contributed by atoms with Crippen LogP contribution in [0.5, 0.6) is 0 Å². The predicted octanol–water partition coefficient (Wildman–Crippen LogP) is 5.11. The molecule has 0 aromatic heterocycles. The first kappa shape index (κ1) is 22.8. The molecule has 0 aliphatic rings. The number of hydrogen-bond donors (Lipinski definition) is 3. The molecule has 0 saturated heterocycles. The summed E-state index contributed by atoms with van der Waals surface area (Å²) < 4.78 is 5.35. The van der Waals surface area contributed by atoms with Crippen LogP contribution < -0.4 is 16.0 Å². The van der Waals surface area contributed by atoms with Gasteiger partial charge < -0.3 is 15.4 Å². The summed E-state index contributed by atoms with van der Waals surface area (Å²) in [6, 6.07) is 16.1. The van der Waals surface area contributed by atoms with Crippen molar-refractivity contribution in [3.05, 3.63) is 71.3 Å². The molecule has 0 saturated carbocycles. The van der Waals surface area contributed by atoms with Gasteiger partial charge >= 0.3 is 6.09 Å². The van der Waals surface area contributed by atoms with Gasteiger partial charge in [-0.25, -0.2) is 4.79 Å². The molecule has 0 aliphatic heterocycles. The number of fused-ring (bicyclic) bond motifs is 1. The first-order valence-corrected chi connectivity index (χ1v) is 10.2. The van der Waals surface area contributed by atoms with Gasteiger partial charge in [0.05, 0.1) is 11.3 Å². The molecule has 32 heavy (non-hydrogen) atoms. The van der Waals surface area contributed by atoms with Gasteiger partial charge in [0.1, 0.15) is 5.60 Å². The zero-order valence-corrected chi connectivity index (χ0v) is 18.8. The first-order valence-electron chi connectivity index (χ1n) is 10.2. The van der Waals surface area contributed by atoms with E-state index in [9.17, 15) is 14.4 Å². The van der Waals surface area contributed by atoms with E-state index in [0.717, 1.165) is 16.3 Å². The lowest BCUT2D eigenvalue weighted by atomic mass is 10.0. The molecule has 0 bridgehead atoms. The number of nitrogens with one attached hydrogen (secondary N) is 3. The number of ether oxygens (including phenoxy) is 1. The van der Waals surface area contributed by atoms with Crippen LogP contribution in [-0.4, -0.2) is 30.6 Å². The fourth-order valence-electron chi connectivity index (χ4n) is 3.22. The second kappa shape index (κ2) is 9.09. The highest BCUT2D eigenvalue weighted by molar-refractivity contribution is 6.12. The van der Waals surface area contributed by atoms with Crippen molar-refractivity contribution in [2.75, 3.05) is 17.7 Å². The Hall–Kier alpha value is -3.87. The van der Waals surface area contributed by atoms with Crippen molar-refractivity contribution in [1.29, 1.82) is 0 Å². The van der Waals surface area contributed by atoms with Crippen molar-refractivity contribution in [1.82, 2.24) is 5.32 Å². The van der Waals surface area contributed by atoms with Gasteiger partial charge in [0.25, 0.3) is 11.8 Å². The highest BCUT2D eigenvalue weighted by Gasteiger charge is 2.20. The van der Waals surface area contributed by atoms with Crippen LogP contribution in [0.3, 0.4) is 0 Å². The molecular formula is C25H27N3O4. The smallest absolute Gasteiger partial charge is 0.412 e. The molecule has 0 spiro atoms. The molecule has 0 aliphatic carbocycles. The number of aryl methyl sites for hydroxylation is 1. The first-order chi connectivity index (χ1) is 15.1. The predicted molar refractivity (Wildman–Crippen MR) is 126 cm³/mol. The van der Waals surface area contributed by atoms with Gasteiger partial charge in [-0.1, -0.05) is 24.3 Å². The summed E-state index contributed by atoms with van der Waals surface area (Å²) in [4.78, 5) is 37.4. The lowest BCUT2D eigenvalue weighted by molar-refractivity contribution is 0.0635. The fourth-order valence-corrected chi connectivity index (χ4v) is 3.22. The van der Waals surface area contributed by atoms with E-state index in [2.05, 4.69) is 16.0 Å². The maximum Gasteiger partial charge on any atom is 0.412 e. The van der Waals surface area contributed by atoms with Crippen molar-refractivity contribution in [2.24, 2.45) is 0 Å². The minimum Gasteiger partial charge on any atom is -0.444 e. The lowest BCUT2D eigenvalue weighted by Gasteiger charge is -2.21. The van der Waals surface area contributed by atoms with Crippen molar-refractivity contribution in [3.8, 4) is 0 Å². The molecule has 3 aromatic carbocycles. The average molecular weight is 434 g/mol. The second-order valence-corrected chi connectivity index (χ2v) is 8.43. The summed E-state index contributed by atoms with van der Waals surface area (Å²) in [5.74, 6) is -0.595. The molecule has 7 nitrogen and oxygen atoms in total. The van der Waals surface area contributed by atoms with Crippen LogP contribution in [0.2, 0.25) is 0 Å². The van der Waals surface area contributed by atoms with Crippen LogP contribution in [0.15, 0.2) is 54.6 Å².